The van der Waals surface area contributed by atoms with Crippen LogP contribution in [0, 0.1) is 10.1 Å². The summed E-state index contributed by atoms with van der Waals surface area (Å²) in [4.78, 5) is 57.1. The third-order valence-electron chi connectivity index (χ3n) is 4.77. The van der Waals surface area contributed by atoms with Crippen LogP contribution in [0.1, 0.15) is 33.3 Å². The highest BCUT2D eigenvalue weighted by Crippen LogP contribution is 2.35. The molecular weight excluding hydrogens is 498 g/mol. The Morgan fingerprint density at radius 3 is 2.05 bits per heavy atom. The molecule has 14 heteroatoms. The van der Waals surface area contributed by atoms with Gasteiger partial charge in [0.15, 0.2) is 23.7 Å². The first-order valence-corrected chi connectivity index (χ1v) is 10.9. The predicted octanol–water partition coefficient (Wildman–Crippen LogP) is 1.40. The molecular formula is C23H27NO13. The van der Waals surface area contributed by atoms with Crippen molar-refractivity contribution in [2.24, 2.45) is 0 Å². The highest BCUT2D eigenvalue weighted by atomic mass is 16.7. The Morgan fingerprint density at radius 2 is 1.51 bits per heavy atom. The summed E-state index contributed by atoms with van der Waals surface area (Å²) in [5, 5.41) is 10.6. The van der Waals surface area contributed by atoms with E-state index < -0.39 is 66.1 Å². The molecule has 0 amide bonds. The van der Waals surface area contributed by atoms with Gasteiger partial charge in [-0.05, 0) is 17.7 Å². The van der Waals surface area contributed by atoms with Gasteiger partial charge in [0.1, 0.15) is 12.7 Å². The number of hydrogen-bond donors (Lipinski definition) is 0. The van der Waals surface area contributed by atoms with Crippen molar-refractivity contribution < 1.29 is 57.3 Å². The number of methoxy groups -OCH3 is 1. The van der Waals surface area contributed by atoms with Gasteiger partial charge in [0.05, 0.1) is 12.0 Å². The Kier molecular flexibility index (Phi) is 10.4. The molecule has 1 aromatic rings. The molecule has 0 saturated carbocycles. The number of carbonyl (C=O) groups excluding carboxylic acids is 4. The standard InChI is InChI=1S/C23H27NO13/c1-12(25)32-11-19-20(33-13(2)26)21(34-14(3)27)22(35-15(4)28)23(37-19)36-17-7-6-16(8-9-24(29)30)10-18(17)31-5/h6-10,19-23H,11H2,1-5H3/t19-,20-,21+,22-,23-/m1/s1. The highest BCUT2D eigenvalue weighted by molar-refractivity contribution is 5.68. The third kappa shape index (κ3) is 8.75. The molecule has 1 fully saturated rings. The lowest BCUT2D eigenvalue weighted by atomic mass is 9.98. The number of nitrogens with zero attached hydrogens (tertiary/aromatic N) is 1. The summed E-state index contributed by atoms with van der Waals surface area (Å²) in [6.45, 7) is 4.05. The molecule has 0 N–H and O–H groups in total. The second-order valence-corrected chi connectivity index (χ2v) is 7.70. The summed E-state index contributed by atoms with van der Waals surface area (Å²) >= 11 is 0. The molecule has 1 saturated heterocycles. The second-order valence-electron chi connectivity index (χ2n) is 7.70. The molecule has 2 rings (SSSR count). The molecule has 1 aliphatic rings. The molecule has 1 heterocycles. The summed E-state index contributed by atoms with van der Waals surface area (Å²) in [5.74, 6) is -2.79. The largest absolute Gasteiger partial charge is 0.493 e. The normalized spacial score (nSPS) is 23.0. The molecule has 1 aliphatic heterocycles. The maximum atomic E-state index is 11.9. The zero-order valence-corrected chi connectivity index (χ0v) is 20.7. The fraction of sp³-hybridized carbons (Fsp3) is 0.478. The van der Waals surface area contributed by atoms with Crippen LogP contribution in [0.4, 0.5) is 0 Å². The fourth-order valence-corrected chi connectivity index (χ4v) is 3.44. The van der Waals surface area contributed by atoms with E-state index in [0.29, 0.717) is 5.56 Å². The number of carbonyl (C=O) groups is 4. The first-order chi connectivity index (χ1) is 17.4. The first-order valence-electron chi connectivity index (χ1n) is 10.9. The van der Waals surface area contributed by atoms with Crippen LogP contribution in [0.3, 0.4) is 0 Å². The second kappa shape index (κ2) is 13.2. The number of benzene rings is 1. The molecule has 0 bridgehead atoms. The Balaban J connectivity index is 2.50. The zero-order chi connectivity index (χ0) is 27.7. The maximum Gasteiger partial charge on any atom is 0.303 e. The average molecular weight is 525 g/mol. The van der Waals surface area contributed by atoms with Gasteiger partial charge < -0.3 is 33.2 Å². The van der Waals surface area contributed by atoms with Gasteiger partial charge in [0.25, 0.3) is 0 Å². The van der Waals surface area contributed by atoms with Crippen LogP contribution in [0.15, 0.2) is 24.4 Å². The molecule has 202 valence electrons. The van der Waals surface area contributed by atoms with E-state index in [2.05, 4.69) is 0 Å². The molecule has 37 heavy (non-hydrogen) atoms. The van der Waals surface area contributed by atoms with Gasteiger partial charge in [-0.25, -0.2) is 0 Å². The third-order valence-corrected chi connectivity index (χ3v) is 4.77. The van der Waals surface area contributed by atoms with Crippen LogP contribution in [-0.4, -0.2) is 73.2 Å². The van der Waals surface area contributed by atoms with Gasteiger partial charge in [0.2, 0.25) is 18.6 Å². The van der Waals surface area contributed by atoms with Crippen molar-refractivity contribution in [3.05, 3.63) is 40.1 Å². The van der Waals surface area contributed by atoms with E-state index in [1.807, 2.05) is 0 Å². The molecule has 5 atom stereocenters. The van der Waals surface area contributed by atoms with Gasteiger partial charge in [-0.2, -0.15) is 0 Å². The van der Waals surface area contributed by atoms with Gasteiger partial charge in [-0.1, -0.05) is 6.07 Å². The topological polar surface area (TPSA) is 176 Å². The smallest absolute Gasteiger partial charge is 0.303 e. The zero-order valence-electron chi connectivity index (χ0n) is 20.7. The van der Waals surface area contributed by atoms with E-state index in [-0.39, 0.29) is 11.5 Å². The van der Waals surface area contributed by atoms with Crippen LogP contribution in [-0.2, 0) is 42.9 Å². The lowest BCUT2D eigenvalue weighted by Gasteiger charge is -2.44. The molecule has 0 spiro atoms. The summed E-state index contributed by atoms with van der Waals surface area (Å²) in [7, 11) is 1.33. The molecule has 0 aromatic heterocycles. The minimum Gasteiger partial charge on any atom is -0.493 e. The van der Waals surface area contributed by atoms with E-state index in [1.165, 1.54) is 31.4 Å². The van der Waals surface area contributed by atoms with Crippen molar-refractivity contribution in [3.63, 3.8) is 0 Å². The molecule has 0 radical (unpaired) electrons. The fourth-order valence-electron chi connectivity index (χ4n) is 3.44. The SMILES string of the molecule is COc1cc(C=C[N+](=O)[O-])ccc1O[C@@H]1O[C@H](COC(C)=O)[C@@H](OC(C)=O)[C@H](OC(C)=O)[C@H]1OC(C)=O. The number of ether oxygens (including phenoxy) is 7. The quantitative estimate of drug-likeness (QED) is 0.186. The number of esters is 4. The van der Waals surface area contributed by atoms with Crippen LogP contribution >= 0.6 is 0 Å². The summed E-state index contributed by atoms with van der Waals surface area (Å²) in [6, 6.07) is 4.36. The summed E-state index contributed by atoms with van der Waals surface area (Å²) < 4.78 is 38.1. The molecule has 1 aromatic carbocycles. The van der Waals surface area contributed by atoms with Crippen molar-refractivity contribution in [1.82, 2.24) is 0 Å². The van der Waals surface area contributed by atoms with Crippen molar-refractivity contribution >= 4 is 30.0 Å². The van der Waals surface area contributed by atoms with Crippen molar-refractivity contribution in [3.8, 4) is 11.5 Å². The van der Waals surface area contributed by atoms with E-state index >= 15 is 0 Å². The van der Waals surface area contributed by atoms with E-state index in [0.717, 1.165) is 33.9 Å². The first kappa shape index (κ1) is 29.0. The maximum absolute atomic E-state index is 11.9. The van der Waals surface area contributed by atoms with Crippen LogP contribution in [0.2, 0.25) is 0 Å². The summed E-state index contributed by atoms with van der Waals surface area (Å²) in [5.41, 5.74) is 0.419. The Labute approximate surface area is 211 Å². The van der Waals surface area contributed by atoms with Gasteiger partial charge in [-0.3, -0.25) is 29.3 Å². The predicted molar refractivity (Wildman–Crippen MR) is 122 cm³/mol. The molecule has 0 aliphatic carbocycles. The minimum atomic E-state index is -1.46. The van der Waals surface area contributed by atoms with Crippen molar-refractivity contribution in [2.45, 2.75) is 58.4 Å². The highest BCUT2D eigenvalue weighted by Gasteiger charge is 2.53. The Hall–Kier alpha value is -4.20. The van der Waals surface area contributed by atoms with Crippen molar-refractivity contribution in [2.75, 3.05) is 13.7 Å². The lowest BCUT2D eigenvalue weighted by molar-refractivity contribution is -0.400. The lowest BCUT2D eigenvalue weighted by Crippen LogP contribution is -2.63. The van der Waals surface area contributed by atoms with E-state index in [1.54, 1.807) is 0 Å². The minimum absolute atomic E-state index is 0.0710. The molecule has 14 nitrogen and oxygen atoms in total. The van der Waals surface area contributed by atoms with Crippen LogP contribution in [0.5, 0.6) is 11.5 Å². The van der Waals surface area contributed by atoms with Gasteiger partial charge in [-0.15, -0.1) is 0 Å². The average Bonchev–Trinajstić information content (AvgIpc) is 2.79. The van der Waals surface area contributed by atoms with Gasteiger partial charge >= 0.3 is 23.9 Å². The Morgan fingerprint density at radius 1 is 0.919 bits per heavy atom. The van der Waals surface area contributed by atoms with E-state index in [4.69, 9.17) is 33.2 Å². The van der Waals surface area contributed by atoms with Crippen molar-refractivity contribution in [1.29, 1.82) is 0 Å². The van der Waals surface area contributed by atoms with Gasteiger partial charge in [0, 0.05) is 33.8 Å². The Bertz CT molecular complexity index is 1050. The van der Waals surface area contributed by atoms with Crippen LogP contribution < -0.4 is 9.47 Å². The number of nitro groups is 1. The molecule has 0 unspecified atom stereocenters. The summed E-state index contributed by atoms with van der Waals surface area (Å²) in [6.07, 6.45) is -4.84. The van der Waals surface area contributed by atoms with Crippen LogP contribution in [0.25, 0.3) is 6.08 Å². The monoisotopic (exact) mass is 525 g/mol. The van der Waals surface area contributed by atoms with E-state index in [9.17, 15) is 29.3 Å². The number of hydrogen-bond acceptors (Lipinski definition) is 13. The number of rotatable bonds is 10.